The molecule has 0 saturated heterocycles. The third-order valence-corrected chi connectivity index (χ3v) is 2.70. The molecule has 1 aromatic carbocycles. The van der Waals surface area contributed by atoms with E-state index in [4.69, 9.17) is 19.9 Å². The highest BCUT2D eigenvalue weighted by Gasteiger charge is 2.17. The monoisotopic (exact) mass is 287 g/mol. The Balaban J connectivity index is 0.00000324. The van der Waals surface area contributed by atoms with Gasteiger partial charge in [-0.15, -0.1) is 19.0 Å². The third kappa shape index (κ3) is 4.33. The SMILES string of the molecule is C=C(C)C[C@H](N)c1cc(OC)c(OC)cc1OC.Cl. The van der Waals surface area contributed by atoms with Crippen molar-refractivity contribution < 1.29 is 14.2 Å². The summed E-state index contributed by atoms with van der Waals surface area (Å²) in [4.78, 5) is 0. The molecule has 2 N–H and O–H groups in total. The highest BCUT2D eigenvalue weighted by Crippen LogP contribution is 2.38. The van der Waals surface area contributed by atoms with Crippen LogP contribution in [0.5, 0.6) is 17.2 Å². The van der Waals surface area contributed by atoms with Crippen LogP contribution in [-0.4, -0.2) is 21.3 Å². The first-order valence-corrected chi connectivity index (χ1v) is 5.73. The molecule has 0 unspecified atom stereocenters. The number of hydrogen-bond donors (Lipinski definition) is 1. The van der Waals surface area contributed by atoms with Crippen molar-refractivity contribution in [1.29, 1.82) is 0 Å². The molecule has 0 amide bonds. The van der Waals surface area contributed by atoms with Gasteiger partial charge in [0.15, 0.2) is 11.5 Å². The molecule has 5 heteroatoms. The van der Waals surface area contributed by atoms with E-state index in [1.54, 1.807) is 27.4 Å². The van der Waals surface area contributed by atoms with Crippen LogP contribution in [0.15, 0.2) is 24.3 Å². The van der Waals surface area contributed by atoms with Crippen LogP contribution >= 0.6 is 12.4 Å². The third-order valence-electron chi connectivity index (χ3n) is 2.70. The second kappa shape index (κ2) is 7.92. The zero-order chi connectivity index (χ0) is 13.7. The Morgan fingerprint density at radius 3 is 2.00 bits per heavy atom. The van der Waals surface area contributed by atoms with Crippen molar-refractivity contribution in [1.82, 2.24) is 0 Å². The summed E-state index contributed by atoms with van der Waals surface area (Å²) in [5, 5.41) is 0. The van der Waals surface area contributed by atoms with Gasteiger partial charge in [0.2, 0.25) is 0 Å². The molecule has 1 aromatic rings. The fraction of sp³-hybridized carbons (Fsp3) is 0.429. The predicted octanol–water partition coefficient (Wildman–Crippen LogP) is 3.10. The van der Waals surface area contributed by atoms with Crippen molar-refractivity contribution in [3.8, 4) is 17.2 Å². The van der Waals surface area contributed by atoms with E-state index in [1.807, 2.05) is 13.0 Å². The van der Waals surface area contributed by atoms with E-state index in [-0.39, 0.29) is 18.4 Å². The van der Waals surface area contributed by atoms with Crippen molar-refractivity contribution in [3.63, 3.8) is 0 Å². The smallest absolute Gasteiger partial charge is 0.164 e. The topological polar surface area (TPSA) is 53.7 Å². The quantitative estimate of drug-likeness (QED) is 0.817. The summed E-state index contributed by atoms with van der Waals surface area (Å²) in [6.07, 6.45) is 0.700. The number of benzene rings is 1. The van der Waals surface area contributed by atoms with Crippen molar-refractivity contribution >= 4 is 12.4 Å². The van der Waals surface area contributed by atoms with Crippen LogP contribution in [0.4, 0.5) is 0 Å². The maximum absolute atomic E-state index is 6.15. The van der Waals surface area contributed by atoms with Gasteiger partial charge in [-0.25, -0.2) is 0 Å². The average Bonchev–Trinajstić information content (AvgIpc) is 2.36. The molecule has 0 fully saturated rings. The Kier molecular flexibility index (Phi) is 7.34. The first kappa shape index (κ1) is 17.6. The lowest BCUT2D eigenvalue weighted by Crippen LogP contribution is -2.12. The minimum atomic E-state index is -0.169. The number of hydrogen-bond acceptors (Lipinski definition) is 4. The van der Waals surface area contributed by atoms with Gasteiger partial charge in [0.25, 0.3) is 0 Å². The lowest BCUT2D eigenvalue weighted by atomic mass is 9.99. The van der Waals surface area contributed by atoms with E-state index in [0.29, 0.717) is 23.7 Å². The molecule has 0 spiro atoms. The van der Waals surface area contributed by atoms with Gasteiger partial charge in [-0.3, -0.25) is 0 Å². The zero-order valence-corrected chi connectivity index (χ0v) is 12.7. The molecule has 0 aliphatic rings. The lowest BCUT2D eigenvalue weighted by molar-refractivity contribution is 0.346. The zero-order valence-electron chi connectivity index (χ0n) is 11.9. The first-order chi connectivity index (χ1) is 8.53. The van der Waals surface area contributed by atoms with Gasteiger partial charge in [-0.2, -0.15) is 0 Å². The van der Waals surface area contributed by atoms with Crippen molar-refractivity contribution in [2.45, 2.75) is 19.4 Å². The van der Waals surface area contributed by atoms with E-state index in [9.17, 15) is 0 Å². The summed E-state index contributed by atoms with van der Waals surface area (Å²) >= 11 is 0. The van der Waals surface area contributed by atoms with Gasteiger partial charge >= 0.3 is 0 Å². The average molecular weight is 288 g/mol. The molecule has 0 aliphatic heterocycles. The molecule has 1 atom stereocenters. The Morgan fingerprint density at radius 2 is 1.58 bits per heavy atom. The molecule has 0 heterocycles. The molecule has 108 valence electrons. The fourth-order valence-corrected chi connectivity index (χ4v) is 1.83. The van der Waals surface area contributed by atoms with Gasteiger partial charge in [-0.1, -0.05) is 5.57 Å². The second-order valence-corrected chi connectivity index (χ2v) is 4.22. The molecule has 0 aromatic heterocycles. The highest BCUT2D eigenvalue weighted by molar-refractivity contribution is 5.85. The van der Waals surface area contributed by atoms with Crippen LogP contribution in [-0.2, 0) is 0 Å². The number of halogens is 1. The Hall–Kier alpha value is -1.39. The van der Waals surface area contributed by atoms with E-state index >= 15 is 0 Å². The standard InChI is InChI=1S/C14H21NO3.ClH/c1-9(2)6-11(15)10-7-13(17-4)14(18-5)8-12(10)16-3;/h7-8,11H,1,6,15H2,2-5H3;1H/t11-;/m0./s1. The molecule has 4 nitrogen and oxygen atoms in total. The van der Waals surface area contributed by atoms with Crippen LogP contribution in [0.2, 0.25) is 0 Å². The molecule has 0 saturated carbocycles. The molecule has 19 heavy (non-hydrogen) atoms. The van der Waals surface area contributed by atoms with Gasteiger partial charge < -0.3 is 19.9 Å². The van der Waals surface area contributed by atoms with E-state index in [0.717, 1.165) is 11.1 Å². The summed E-state index contributed by atoms with van der Waals surface area (Å²) in [6, 6.07) is 3.47. The fourth-order valence-electron chi connectivity index (χ4n) is 1.83. The number of methoxy groups -OCH3 is 3. The second-order valence-electron chi connectivity index (χ2n) is 4.22. The van der Waals surface area contributed by atoms with Crippen LogP contribution < -0.4 is 19.9 Å². The van der Waals surface area contributed by atoms with E-state index in [2.05, 4.69) is 6.58 Å². The van der Waals surface area contributed by atoms with E-state index in [1.165, 1.54) is 0 Å². The van der Waals surface area contributed by atoms with Crippen molar-refractivity contribution in [2.24, 2.45) is 5.73 Å². The van der Waals surface area contributed by atoms with Crippen LogP contribution in [0.3, 0.4) is 0 Å². The lowest BCUT2D eigenvalue weighted by Gasteiger charge is -2.18. The Bertz CT molecular complexity index is 435. The summed E-state index contributed by atoms with van der Waals surface area (Å²) < 4.78 is 15.8. The number of rotatable bonds is 6. The van der Waals surface area contributed by atoms with Gasteiger partial charge in [-0.05, 0) is 19.4 Å². The summed E-state index contributed by atoms with van der Waals surface area (Å²) in [7, 11) is 4.79. The van der Waals surface area contributed by atoms with Crippen LogP contribution in [0, 0.1) is 0 Å². The summed E-state index contributed by atoms with van der Waals surface area (Å²) in [5.41, 5.74) is 8.06. The molecular weight excluding hydrogens is 266 g/mol. The van der Waals surface area contributed by atoms with E-state index < -0.39 is 0 Å². The van der Waals surface area contributed by atoms with Crippen molar-refractivity contribution in [2.75, 3.05) is 21.3 Å². The number of nitrogens with two attached hydrogens (primary N) is 1. The predicted molar refractivity (Wildman–Crippen MR) is 79.7 cm³/mol. The van der Waals surface area contributed by atoms with Gasteiger partial charge in [0.05, 0.1) is 21.3 Å². The molecule has 1 rings (SSSR count). The van der Waals surface area contributed by atoms with Crippen LogP contribution in [0.25, 0.3) is 0 Å². The largest absolute Gasteiger partial charge is 0.496 e. The van der Waals surface area contributed by atoms with Gasteiger partial charge in [0, 0.05) is 17.7 Å². The molecule has 0 bridgehead atoms. The highest BCUT2D eigenvalue weighted by atomic mass is 35.5. The van der Waals surface area contributed by atoms with Crippen LogP contribution in [0.1, 0.15) is 24.9 Å². The molecule has 0 radical (unpaired) electrons. The first-order valence-electron chi connectivity index (χ1n) is 5.73. The summed E-state index contributed by atoms with van der Waals surface area (Å²) in [5.74, 6) is 1.97. The van der Waals surface area contributed by atoms with Crippen molar-refractivity contribution in [3.05, 3.63) is 29.8 Å². The molecular formula is C14H22ClNO3. The minimum absolute atomic E-state index is 0. The van der Waals surface area contributed by atoms with Gasteiger partial charge in [0.1, 0.15) is 5.75 Å². The maximum atomic E-state index is 6.15. The summed E-state index contributed by atoms with van der Waals surface area (Å²) in [6.45, 7) is 5.83. The Morgan fingerprint density at radius 1 is 1.11 bits per heavy atom. The minimum Gasteiger partial charge on any atom is -0.496 e. The normalized spacial score (nSPS) is 11.2. The molecule has 0 aliphatic carbocycles. The Labute approximate surface area is 120 Å². The number of ether oxygens (including phenoxy) is 3. The maximum Gasteiger partial charge on any atom is 0.164 e.